The van der Waals surface area contributed by atoms with Crippen LogP contribution in [0.3, 0.4) is 0 Å². The first-order chi connectivity index (χ1) is 14.4. The summed E-state index contributed by atoms with van der Waals surface area (Å²) in [6.45, 7) is 2.62. The Labute approximate surface area is 187 Å². The van der Waals surface area contributed by atoms with Gasteiger partial charge in [0.2, 0.25) is 0 Å². The maximum atomic E-state index is 2.77. The van der Waals surface area contributed by atoms with E-state index >= 15 is 0 Å². The Bertz CT molecular complexity index is 804. The van der Waals surface area contributed by atoms with Gasteiger partial charge in [-0.15, -0.1) is 12.4 Å². The highest BCUT2D eigenvalue weighted by molar-refractivity contribution is 5.85. The number of nitrogens with zero attached hydrogens (tertiary/aromatic N) is 1. The van der Waals surface area contributed by atoms with Gasteiger partial charge in [-0.25, -0.2) is 0 Å². The molecule has 1 atom stereocenters. The maximum Gasteiger partial charge on any atom is 0.0451 e. The molecule has 0 aromatic heterocycles. The Morgan fingerprint density at radius 2 is 1.10 bits per heavy atom. The van der Waals surface area contributed by atoms with Crippen LogP contribution in [-0.2, 0) is 5.41 Å². The fourth-order valence-corrected chi connectivity index (χ4v) is 5.87. The Morgan fingerprint density at radius 1 is 0.667 bits per heavy atom. The number of rotatable bonds is 6. The van der Waals surface area contributed by atoms with E-state index < -0.39 is 0 Å². The predicted octanol–water partition coefficient (Wildman–Crippen LogP) is 6.71. The minimum atomic E-state index is -0.0956. The fraction of sp³-hybridized carbons (Fsp3) is 0.357. The van der Waals surface area contributed by atoms with Gasteiger partial charge < -0.3 is 4.90 Å². The van der Waals surface area contributed by atoms with E-state index in [1.165, 1.54) is 55.5 Å². The molecule has 3 heterocycles. The summed E-state index contributed by atoms with van der Waals surface area (Å²) in [6.07, 6.45) is 6.64. The summed E-state index contributed by atoms with van der Waals surface area (Å²) < 4.78 is 0. The second-order valence-electron chi connectivity index (χ2n) is 8.91. The lowest BCUT2D eigenvalue weighted by molar-refractivity contribution is 0.0423. The Hall–Kier alpha value is -2.09. The molecule has 3 aliphatic heterocycles. The van der Waals surface area contributed by atoms with E-state index in [-0.39, 0.29) is 17.8 Å². The fourth-order valence-electron chi connectivity index (χ4n) is 5.87. The number of halogens is 1. The van der Waals surface area contributed by atoms with Gasteiger partial charge in [0.1, 0.15) is 0 Å². The van der Waals surface area contributed by atoms with Crippen molar-refractivity contribution in [3.05, 3.63) is 108 Å². The maximum absolute atomic E-state index is 2.77. The van der Waals surface area contributed by atoms with E-state index in [0.717, 1.165) is 18.4 Å². The average molecular weight is 418 g/mol. The monoisotopic (exact) mass is 417 g/mol. The minimum Gasteiger partial charge on any atom is -0.300 e. The van der Waals surface area contributed by atoms with Gasteiger partial charge in [0.15, 0.2) is 0 Å². The van der Waals surface area contributed by atoms with Crippen LogP contribution in [-0.4, -0.2) is 24.0 Å². The summed E-state index contributed by atoms with van der Waals surface area (Å²) in [5, 5.41) is 0. The van der Waals surface area contributed by atoms with E-state index in [4.69, 9.17) is 0 Å². The van der Waals surface area contributed by atoms with Crippen molar-refractivity contribution in [3.8, 4) is 0 Å². The van der Waals surface area contributed by atoms with Gasteiger partial charge in [0.25, 0.3) is 0 Å². The molecular weight excluding hydrogens is 386 g/mol. The third kappa shape index (κ3) is 3.94. The topological polar surface area (TPSA) is 3.24 Å². The molecule has 0 N–H and O–H groups in total. The third-order valence-electron chi connectivity index (χ3n) is 7.42. The third-order valence-corrected chi connectivity index (χ3v) is 7.42. The quantitative estimate of drug-likeness (QED) is 0.403. The normalized spacial score (nSPS) is 23.0. The molecule has 156 valence electrons. The zero-order chi connectivity index (χ0) is 19.5. The lowest BCUT2D eigenvalue weighted by atomic mass is 9.65. The lowest BCUT2D eigenvalue weighted by Gasteiger charge is -2.47. The Kier molecular flexibility index (Phi) is 6.61. The Morgan fingerprint density at radius 3 is 1.47 bits per heavy atom. The van der Waals surface area contributed by atoms with Crippen LogP contribution in [0.2, 0.25) is 0 Å². The van der Waals surface area contributed by atoms with Crippen molar-refractivity contribution >= 4 is 12.4 Å². The van der Waals surface area contributed by atoms with Crippen molar-refractivity contribution in [2.45, 2.75) is 43.6 Å². The summed E-state index contributed by atoms with van der Waals surface area (Å²) in [4.78, 5) is 2.77. The molecule has 30 heavy (non-hydrogen) atoms. The molecule has 3 aromatic rings. The summed E-state index contributed by atoms with van der Waals surface area (Å²) in [7, 11) is 0. The van der Waals surface area contributed by atoms with Crippen LogP contribution < -0.4 is 0 Å². The highest BCUT2D eigenvalue weighted by atomic mass is 35.5. The predicted molar refractivity (Wildman–Crippen MR) is 128 cm³/mol. The number of benzene rings is 3. The Balaban J connectivity index is 0.00000218. The molecule has 3 aromatic carbocycles. The summed E-state index contributed by atoms with van der Waals surface area (Å²) in [5.74, 6) is 0.963. The van der Waals surface area contributed by atoms with Crippen molar-refractivity contribution in [1.29, 1.82) is 0 Å². The molecule has 1 unspecified atom stereocenters. The van der Waals surface area contributed by atoms with Gasteiger partial charge in [-0.05, 0) is 67.8 Å². The van der Waals surface area contributed by atoms with Gasteiger partial charge in [0, 0.05) is 11.5 Å². The van der Waals surface area contributed by atoms with Crippen LogP contribution >= 0.6 is 12.4 Å². The van der Waals surface area contributed by atoms with Crippen molar-refractivity contribution in [3.63, 3.8) is 0 Å². The van der Waals surface area contributed by atoms with Crippen LogP contribution in [0.15, 0.2) is 91.0 Å². The van der Waals surface area contributed by atoms with Gasteiger partial charge in [-0.3, -0.25) is 0 Å². The second kappa shape index (κ2) is 9.37. The summed E-state index contributed by atoms with van der Waals surface area (Å²) >= 11 is 0. The first-order valence-electron chi connectivity index (χ1n) is 11.3. The molecule has 3 saturated heterocycles. The zero-order valence-electron chi connectivity index (χ0n) is 17.6. The zero-order valence-corrected chi connectivity index (χ0v) is 18.4. The number of piperidine rings is 3. The lowest BCUT2D eigenvalue weighted by Crippen LogP contribution is -2.49. The van der Waals surface area contributed by atoms with Crippen molar-refractivity contribution < 1.29 is 0 Å². The van der Waals surface area contributed by atoms with Crippen LogP contribution in [0.5, 0.6) is 0 Å². The average Bonchev–Trinajstić information content (AvgIpc) is 2.82. The van der Waals surface area contributed by atoms with Gasteiger partial charge >= 0.3 is 0 Å². The van der Waals surface area contributed by atoms with Crippen LogP contribution in [0, 0.1) is 5.92 Å². The first-order valence-corrected chi connectivity index (χ1v) is 11.3. The second-order valence-corrected chi connectivity index (χ2v) is 8.91. The largest absolute Gasteiger partial charge is 0.300 e. The molecular formula is C28H32ClN. The minimum absolute atomic E-state index is 0. The first kappa shape index (κ1) is 21.2. The molecule has 0 radical (unpaired) electrons. The molecule has 0 saturated carbocycles. The molecule has 6 rings (SSSR count). The van der Waals surface area contributed by atoms with Gasteiger partial charge in [-0.1, -0.05) is 91.0 Å². The van der Waals surface area contributed by atoms with Crippen molar-refractivity contribution in [2.75, 3.05) is 13.1 Å². The van der Waals surface area contributed by atoms with Crippen LogP contribution in [0.4, 0.5) is 0 Å². The molecule has 0 aliphatic carbocycles. The number of hydrogen-bond acceptors (Lipinski definition) is 1. The molecule has 3 aliphatic rings. The SMILES string of the molecule is Cl.c1ccc(C(CCC2CC3CCN2CC3)(c2ccccc2)c2ccccc2)cc1. The van der Waals surface area contributed by atoms with E-state index in [9.17, 15) is 0 Å². The summed E-state index contributed by atoms with van der Waals surface area (Å²) in [6, 6.07) is 34.3. The standard InChI is InChI=1S/C28H31N.ClH/c1-4-10-24(11-5-1)28(25-12-6-2-7-13-25,26-14-8-3-9-15-26)19-16-27-22-23-17-20-29(27)21-18-23;/h1-15,23,27H,16-22H2;1H. The molecule has 2 heteroatoms. The van der Waals surface area contributed by atoms with Crippen LogP contribution in [0.1, 0.15) is 48.8 Å². The van der Waals surface area contributed by atoms with Crippen molar-refractivity contribution in [1.82, 2.24) is 4.90 Å². The van der Waals surface area contributed by atoms with Gasteiger partial charge in [0.05, 0.1) is 0 Å². The summed E-state index contributed by atoms with van der Waals surface area (Å²) in [5.41, 5.74) is 4.14. The molecule has 1 nitrogen and oxygen atoms in total. The van der Waals surface area contributed by atoms with E-state index in [0.29, 0.717) is 0 Å². The van der Waals surface area contributed by atoms with Crippen molar-refractivity contribution in [2.24, 2.45) is 5.92 Å². The van der Waals surface area contributed by atoms with Gasteiger partial charge in [-0.2, -0.15) is 0 Å². The number of hydrogen-bond donors (Lipinski definition) is 0. The van der Waals surface area contributed by atoms with E-state index in [2.05, 4.69) is 95.9 Å². The smallest absolute Gasteiger partial charge is 0.0451 e. The van der Waals surface area contributed by atoms with Crippen LogP contribution in [0.25, 0.3) is 0 Å². The molecule has 0 spiro atoms. The molecule has 3 fully saturated rings. The molecule has 2 bridgehead atoms. The van der Waals surface area contributed by atoms with E-state index in [1.54, 1.807) is 0 Å². The molecule has 0 amide bonds. The highest BCUT2D eigenvalue weighted by Crippen LogP contribution is 2.45. The highest BCUT2D eigenvalue weighted by Gasteiger charge is 2.39. The van der Waals surface area contributed by atoms with E-state index in [1.807, 2.05) is 0 Å². The number of fused-ring (bicyclic) bond motifs is 3.